The van der Waals surface area contributed by atoms with E-state index in [2.05, 4.69) is 10.3 Å². The molecule has 2 aromatic rings. The predicted octanol–water partition coefficient (Wildman–Crippen LogP) is 3.63. The monoisotopic (exact) mass is 254 g/mol. The standard InChI is InChI=1S/C12H9ClF2N2/c13-12-4-2-10(7-17-12)16-6-8-5-9(14)1-3-11(8)15/h1-5,7,16H,6H2. The van der Waals surface area contributed by atoms with Crippen molar-refractivity contribution in [2.24, 2.45) is 0 Å². The number of benzene rings is 1. The topological polar surface area (TPSA) is 24.9 Å². The minimum Gasteiger partial charge on any atom is -0.380 e. The van der Waals surface area contributed by atoms with E-state index in [-0.39, 0.29) is 12.1 Å². The molecule has 0 radical (unpaired) electrons. The second-order valence-corrected chi connectivity index (χ2v) is 3.85. The van der Waals surface area contributed by atoms with Crippen molar-refractivity contribution in [1.82, 2.24) is 4.98 Å². The highest BCUT2D eigenvalue weighted by atomic mass is 35.5. The Kier molecular flexibility index (Phi) is 3.54. The van der Waals surface area contributed by atoms with Gasteiger partial charge >= 0.3 is 0 Å². The molecule has 0 spiro atoms. The first-order valence-corrected chi connectivity index (χ1v) is 5.32. The largest absolute Gasteiger partial charge is 0.380 e. The maximum atomic E-state index is 13.3. The second-order valence-electron chi connectivity index (χ2n) is 3.46. The van der Waals surface area contributed by atoms with Crippen molar-refractivity contribution in [3.8, 4) is 0 Å². The third kappa shape index (κ3) is 3.14. The molecule has 0 aliphatic heterocycles. The van der Waals surface area contributed by atoms with Crippen molar-refractivity contribution in [2.45, 2.75) is 6.54 Å². The first-order chi connectivity index (χ1) is 8.15. The van der Waals surface area contributed by atoms with Gasteiger partial charge in [0.25, 0.3) is 0 Å². The number of nitrogens with one attached hydrogen (secondary N) is 1. The summed E-state index contributed by atoms with van der Waals surface area (Å²) < 4.78 is 26.2. The number of pyridine rings is 1. The van der Waals surface area contributed by atoms with Crippen molar-refractivity contribution >= 4 is 17.3 Å². The number of hydrogen-bond donors (Lipinski definition) is 1. The molecule has 0 unspecified atom stereocenters. The molecule has 2 rings (SSSR count). The Morgan fingerprint density at radius 3 is 2.71 bits per heavy atom. The molecule has 0 amide bonds. The molecule has 0 aliphatic carbocycles. The maximum Gasteiger partial charge on any atom is 0.129 e. The highest BCUT2D eigenvalue weighted by Crippen LogP contribution is 2.14. The van der Waals surface area contributed by atoms with E-state index in [4.69, 9.17) is 11.6 Å². The van der Waals surface area contributed by atoms with E-state index in [1.807, 2.05) is 0 Å². The number of halogens is 3. The molecule has 0 atom stereocenters. The normalized spacial score (nSPS) is 10.3. The molecule has 5 heteroatoms. The van der Waals surface area contributed by atoms with Crippen LogP contribution >= 0.6 is 11.6 Å². The highest BCUT2D eigenvalue weighted by molar-refractivity contribution is 6.29. The van der Waals surface area contributed by atoms with Gasteiger partial charge in [0.2, 0.25) is 0 Å². The lowest BCUT2D eigenvalue weighted by Gasteiger charge is -2.07. The van der Waals surface area contributed by atoms with Crippen LogP contribution in [0, 0.1) is 11.6 Å². The molecule has 2 nitrogen and oxygen atoms in total. The number of rotatable bonds is 3. The molecule has 1 N–H and O–H groups in total. The van der Waals surface area contributed by atoms with E-state index in [1.54, 1.807) is 12.1 Å². The van der Waals surface area contributed by atoms with Crippen LogP contribution in [0.5, 0.6) is 0 Å². The Hall–Kier alpha value is -1.68. The van der Waals surface area contributed by atoms with Gasteiger partial charge in [-0.3, -0.25) is 0 Å². The van der Waals surface area contributed by atoms with Crippen molar-refractivity contribution in [3.63, 3.8) is 0 Å². The SMILES string of the molecule is Fc1ccc(F)c(CNc2ccc(Cl)nc2)c1. The van der Waals surface area contributed by atoms with Gasteiger partial charge in [0.05, 0.1) is 11.9 Å². The van der Waals surface area contributed by atoms with E-state index in [1.165, 1.54) is 6.20 Å². The van der Waals surface area contributed by atoms with Crippen LogP contribution in [-0.2, 0) is 6.54 Å². The smallest absolute Gasteiger partial charge is 0.129 e. The van der Waals surface area contributed by atoms with Crippen molar-refractivity contribution in [1.29, 1.82) is 0 Å². The van der Waals surface area contributed by atoms with Crippen LogP contribution in [0.15, 0.2) is 36.5 Å². The minimum atomic E-state index is -0.461. The van der Waals surface area contributed by atoms with E-state index in [0.29, 0.717) is 10.8 Å². The van der Waals surface area contributed by atoms with Gasteiger partial charge in [0.1, 0.15) is 16.8 Å². The minimum absolute atomic E-state index is 0.187. The molecular formula is C12H9ClF2N2. The third-order valence-corrected chi connectivity index (χ3v) is 2.44. The summed E-state index contributed by atoms with van der Waals surface area (Å²) >= 11 is 5.63. The van der Waals surface area contributed by atoms with E-state index < -0.39 is 11.6 Å². The summed E-state index contributed by atoms with van der Waals surface area (Å²) in [6.07, 6.45) is 1.53. The number of aromatic nitrogens is 1. The quantitative estimate of drug-likeness (QED) is 0.846. The molecule has 88 valence electrons. The van der Waals surface area contributed by atoms with Crippen molar-refractivity contribution < 1.29 is 8.78 Å². The van der Waals surface area contributed by atoms with Gasteiger partial charge in [0.15, 0.2) is 0 Å². The molecule has 1 aromatic heterocycles. The lowest BCUT2D eigenvalue weighted by molar-refractivity contribution is 0.587. The summed E-state index contributed by atoms with van der Waals surface area (Å²) in [5.41, 5.74) is 0.956. The lowest BCUT2D eigenvalue weighted by Crippen LogP contribution is -2.02. The van der Waals surface area contributed by atoms with E-state index >= 15 is 0 Å². The Bertz CT molecular complexity index is 514. The Labute approximate surface area is 102 Å². The fraction of sp³-hybridized carbons (Fsp3) is 0.0833. The van der Waals surface area contributed by atoms with Crippen molar-refractivity contribution in [2.75, 3.05) is 5.32 Å². The summed E-state index contributed by atoms with van der Waals surface area (Å²) in [4.78, 5) is 3.87. The predicted molar refractivity (Wildman–Crippen MR) is 62.9 cm³/mol. The zero-order chi connectivity index (χ0) is 12.3. The zero-order valence-corrected chi connectivity index (χ0v) is 9.51. The number of nitrogens with zero attached hydrogens (tertiary/aromatic N) is 1. The first-order valence-electron chi connectivity index (χ1n) is 4.94. The van der Waals surface area contributed by atoms with Gasteiger partial charge < -0.3 is 5.32 Å². The van der Waals surface area contributed by atoms with Crippen LogP contribution in [0.2, 0.25) is 5.15 Å². The lowest BCUT2D eigenvalue weighted by atomic mass is 10.2. The molecule has 0 saturated carbocycles. The molecule has 1 aromatic carbocycles. The van der Waals surface area contributed by atoms with Crippen LogP contribution < -0.4 is 5.32 Å². The van der Waals surface area contributed by atoms with Crippen LogP contribution in [0.1, 0.15) is 5.56 Å². The van der Waals surface area contributed by atoms with Crippen LogP contribution in [-0.4, -0.2) is 4.98 Å². The molecule has 0 saturated heterocycles. The summed E-state index contributed by atoms with van der Waals surface area (Å²) in [6, 6.07) is 6.68. The third-order valence-electron chi connectivity index (χ3n) is 2.22. The molecule has 0 bridgehead atoms. The van der Waals surface area contributed by atoms with Crippen LogP contribution in [0.4, 0.5) is 14.5 Å². The first kappa shape index (κ1) is 11.8. The molecule has 0 fully saturated rings. The average molecular weight is 255 g/mol. The summed E-state index contributed by atoms with van der Waals surface area (Å²) in [5.74, 6) is -0.904. The summed E-state index contributed by atoms with van der Waals surface area (Å²) in [5, 5.41) is 3.31. The van der Waals surface area contributed by atoms with Crippen LogP contribution in [0.25, 0.3) is 0 Å². The second kappa shape index (κ2) is 5.10. The van der Waals surface area contributed by atoms with Gasteiger partial charge in [-0.25, -0.2) is 13.8 Å². The maximum absolute atomic E-state index is 13.3. The van der Waals surface area contributed by atoms with Gasteiger partial charge in [-0.1, -0.05) is 11.6 Å². The van der Waals surface area contributed by atoms with Gasteiger partial charge in [-0.2, -0.15) is 0 Å². The van der Waals surface area contributed by atoms with Gasteiger partial charge in [0, 0.05) is 12.1 Å². The van der Waals surface area contributed by atoms with Gasteiger partial charge in [-0.15, -0.1) is 0 Å². The molecule has 1 heterocycles. The highest BCUT2D eigenvalue weighted by Gasteiger charge is 2.03. The Balaban J connectivity index is 2.07. The molecular weight excluding hydrogens is 246 g/mol. The Morgan fingerprint density at radius 2 is 2.00 bits per heavy atom. The summed E-state index contributed by atoms with van der Waals surface area (Å²) in [6.45, 7) is 0.187. The molecule has 17 heavy (non-hydrogen) atoms. The van der Waals surface area contributed by atoms with Gasteiger partial charge in [-0.05, 0) is 30.3 Å². The average Bonchev–Trinajstić information content (AvgIpc) is 2.32. The number of anilines is 1. The van der Waals surface area contributed by atoms with E-state index in [0.717, 1.165) is 18.2 Å². The van der Waals surface area contributed by atoms with Crippen molar-refractivity contribution in [3.05, 3.63) is 58.9 Å². The van der Waals surface area contributed by atoms with E-state index in [9.17, 15) is 8.78 Å². The number of hydrogen-bond acceptors (Lipinski definition) is 2. The zero-order valence-electron chi connectivity index (χ0n) is 8.75. The summed E-state index contributed by atoms with van der Waals surface area (Å²) in [7, 11) is 0. The Morgan fingerprint density at radius 1 is 1.18 bits per heavy atom. The van der Waals surface area contributed by atoms with Crippen LogP contribution in [0.3, 0.4) is 0 Å². The fourth-order valence-electron chi connectivity index (χ4n) is 1.36. The fourth-order valence-corrected chi connectivity index (χ4v) is 1.47. The molecule has 0 aliphatic rings.